The van der Waals surface area contributed by atoms with Gasteiger partial charge in [0.05, 0.1) is 18.7 Å². The first-order chi connectivity index (χ1) is 9.43. The van der Waals surface area contributed by atoms with E-state index in [1.807, 2.05) is 13.8 Å². The van der Waals surface area contributed by atoms with E-state index in [4.69, 9.17) is 5.73 Å². The largest absolute Gasteiger partial charge is 0.394 e. The number of nitrogens with two attached hydrogens (primary N) is 1. The van der Waals surface area contributed by atoms with Crippen LogP contribution in [0.2, 0.25) is 0 Å². The Hall–Kier alpha value is -1.14. The summed E-state index contributed by atoms with van der Waals surface area (Å²) in [6.07, 6.45) is 2.81. The SMILES string of the molecule is CC(C)C[C@H](N)C(=O)N[C@H](CO)C[C@@H]1CCCNC1=O. The van der Waals surface area contributed by atoms with Crippen LogP contribution in [-0.4, -0.2) is 42.2 Å². The van der Waals surface area contributed by atoms with Gasteiger partial charge >= 0.3 is 0 Å². The zero-order chi connectivity index (χ0) is 15.1. The van der Waals surface area contributed by atoms with Crippen LogP contribution in [0, 0.1) is 11.8 Å². The van der Waals surface area contributed by atoms with Gasteiger partial charge in [0, 0.05) is 12.5 Å². The van der Waals surface area contributed by atoms with Gasteiger partial charge in [-0.1, -0.05) is 13.8 Å². The van der Waals surface area contributed by atoms with Crippen LogP contribution < -0.4 is 16.4 Å². The number of hydrogen-bond acceptors (Lipinski definition) is 4. The van der Waals surface area contributed by atoms with Crippen LogP contribution in [0.15, 0.2) is 0 Å². The number of hydrogen-bond donors (Lipinski definition) is 4. The first-order valence-corrected chi connectivity index (χ1v) is 7.38. The van der Waals surface area contributed by atoms with Crippen LogP contribution in [0.1, 0.15) is 39.5 Å². The second kappa shape index (κ2) is 8.21. The summed E-state index contributed by atoms with van der Waals surface area (Å²) in [6.45, 7) is 4.54. The van der Waals surface area contributed by atoms with E-state index in [-0.39, 0.29) is 24.3 Å². The number of carbonyl (C=O) groups is 2. The lowest BCUT2D eigenvalue weighted by Gasteiger charge is -2.26. The van der Waals surface area contributed by atoms with Gasteiger partial charge in [-0.05, 0) is 31.6 Å². The summed E-state index contributed by atoms with van der Waals surface area (Å²) in [7, 11) is 0. The van der Waals surface area contributed by atoms with Crippen LogP contribution in [0.4, 0.5) is 0 Å². The van der Waals surface area contributed by atoms with Crippen molar-refractivity contribution in [3.63, 3.8) is 0 Å². The molecule has 3 atom stereocenters. The normalized spacial score (nSPS) is 22.2. The van der Waals surface area contributed by atoms with Gasteiger partial charge in [-0.2, -0.15) is 0 Å². The molecule has 0 aromatic carbocycles. The van der Waals surface area contributed by atoms with Gasteiger partial charge in [0.2, 0.25) is 11.8 Å². The molecule has 116 valence electrons. The van der Waals surface area contributed by atoms with E-state index in [0.717, 1.165) is 12.8 Å². The molecule has 0 radical (unpaired) electrons. The van der Waals surface area contributed by atoms with Crippen molar-refractivity contribution >= 4 is 11.8 Å². The molecule has 0 aromatic heterocycles. The van der Waals surface area contributed by atoms with Crippen molar-refractivity contribution in [1.82, 2.24) is 10.6 Å². The Kier molecular flexibility index (Phi) is 6.95. The summed E-state index contributed by atoms with van der Waals surface area (Å²) in [4.78, 5) is 23.6. The Morgan fingerprint density at radius 1 is 1.55 bits per heavy atom. The molecule has 5 N–H and O–H groups in total. The zero-order valence-corrected chi connectivity index (χ0v) is 12.4. The predicted molar refractivity (Wildman–Crippen MR) is 76.8 cm³/mol. The van der Waals surface area contributed by atoms with E-state index in [2.05, 4.69) is 10.6 Å². The van der Waals surface area contributed by atoms with E-state index >= 15 is 0 Å². The van der Waals surface area contributed by atoms with Crippen LogP contribution in [-0.2, 0) is 9.59 Å². The number of aliphatic hydroxyl groups is 1. The second-order valence-corrected chi connectivity index (χ2v) is 5.99. The fourth-order valence-electron chi connectivity index (χ4n) is 2.51. The highest BCUT2D eigenvalue weighted by Crippen LogP contribution is 2.17. The number of amides is 2. The van der Waals surface area contributed by atoms with E-state index in [1.54, 1.807) is 0 Å². The monoisotopic (exact) mass is 285 g/mol. The van der Waals surface area contributed by atoms with Crippen molar-refractivity contribution in [2.24, 2.45) is 17.6 Å². The smallest absolute Gasteiger partial charge is 0.237 e. The molecule has 6 heteroatoms. The van der Waals surface area contributed by atoms with Crippen LogP contribution in [0.25, 0.3) is 0 Å². The number of aliphatic hydroxyl groups excluding tert-OH is 1. The van der Waals surface area contributed by atoms with Crippen LogP contribution >= 0.6 is 0 Å². The molecule has 0 saturated carbocycles. The van der Waals surface area contributed by atoms with Gasteiger partial charge in [-0.25, -0.2) is 0 Å². The fourth-order valence-corrected chi connectivity index (χ4v) is 2.51. The number of piperidine rings is 1. The standard InChI is InChI=1S/C14H27N3O3/c1-9(2)6-12(15)14(20)17-11(8-18)7-10-4-3-5-16-13(10)19/h9-12,18H,3-8,15H2,1-2H3,(H,16,19)(H,17,20)/t10-,11-,12-/m0/s1. The molecule has 2 amide bonds. The van der Waals surface area contributed by atoms with Crippen molar-refractivity contribution in [1.29, 1.82) is 0 Å². The lowest BCUT2D eigenvalue weighted by atomic mass is 9.91. The lowest BCUT2D eigenvalue weighted by Crippen LogP contribution is -2.49. The molecule has 1 aliphatic heterocycles. The summed E-state index contributed by atoms with van der Waals surface area (Å²) in [5, 5.41) is 14.9. The molecule has 1 heterocycles. The summed E-state index contributed by atoms with van der Waals surface area (Å²) in [5.41, 5.74) is 5.81. The maximum absolute atomic E-state index is 11.9. The second-order valence-electron chi connectivity index (χ2n) is 5.99. The molecule has 1 saturated heterocycles. The molecule has 0 bridgehead atoms. The molecule has 0 aliphatic carbocycles. The topological polar surface area (TPSA) is 104 Å². The number of carbonyl (C=O) groups excluding carboxylic acids is 2. The van der Waals surface area contributed by atoms with Crippen molar-refractivity contribution in [2.75, 3.05) is 13.2 Å². The Morgan fingerprint density at radius 2 is 2.25 bits per heavy atom. The summed E-state index contributed by atoms with van der Waals surface area (Å²) < 4.78 is 0. The first kappa shape index (κ1) is 16.9. The molecule has 0 spiro atoms. The molecule has 1 fully saturated rings. The highest BCUT2D eigenvalue weighted by molar-refractivity contribution is 5.82. The quantitative estimate of drug-likeness (QED) is 0.518. The average molecular weight is 285 g/mol. The van der Waals surface area contributed by atoms with Crippen molar-refractivity contribution in [3.05, 3.63) is 0 Å². The first-order valence-electron chi connectivity index (χ1n) is 7.38. The number of rotatable bonds is 7. The molecule has 1 aliphatic rings. The molecule has 20 heavy (non-hydrogen) atoms. The van der Waals surface area contributed by atoms with E-state index in [1.165, 1.54) is 0 Å². The minimum absolute atomic E-state index is 0.00966. The molecule has 0 aromatic rings. The Balaban J connectivity index is 2.45. The molecular formula is C14H27N3O3. The Morgan fingerprint density at radius 3 is 2.80 bits per heavy atom. The third-order valence-corrected chi connectivity index (χ3v) is 3.60. The lowest BCUT2D eigenvalue weighted by molar-refractivity contribution is -0.128. The van der Waals surface area contributed by atoms with Gasteiger partial charge in [-0.15, -0.1) is 0 Å². The van der Waals surface area contributed by atoms with Crippen molar-refractivity contribution in [2.45, 2.75) is 51.6 Å². The van der Waals surface area contributed by atoms with Gasteiger partial charge in [0.15, 0.2) is 0 Å². The fraction of sp³-hybridized carbons (Fsp3) is 0.857. The minimum Gasteiger partial charge on any atom is -0.394 e. The highest BCUT2D eigenvalue weighted by Gasteiger charge is 2.27. The number of nitrogens with one attached hydrogen (secondary N) is 2. The van der Waals surface area contributed by atoms with Gasteiger partial charge in [-0.3, -0.25) is 9.59 Å². The summed E-state index contributed by atoms with van der Waals surface area (Å²) >= 11 is 0. The Bertz CT molecular complexity index is 334. The molecular weight excluding hydrogens is 258 g/mol. The maximum Gasteiger partial charge on any atom is 0.237 e. The van der Waals surface area contributed by atoms with Gasteiger partial charge < -0.3 is 21.5 Å². The minimum atomic E-state index is -0.566. The molecule has 6 nitrogen and oxygen atoms in total. The highest BCUT2D eigenvalue weighted by atomic mass is 16.3. The van der Waals surface area contributed by atoms with Crippen LogP contribution in [0.5, 0.6) is 0 Å². The third-order valence-electron chi connectivity index (χ3n) is 3.60. The van der Waals surface area contributed by atoms with E-state index in [9.17, 15) is 14.7 Å². The summed E-state index contributed by atoms with van der Waals surface area (Å²) in [6, 6.07) is -0.973. The maximum atomic E-state index is 11.9. The molecule has 0 unspecified atom stereocenters. The van der Waals surface area contributed by atoms with Crippen LogP contribution in [0.3, 0.4) is 0 Å². The van der Waals surface area contributed by atoms with Gasteiger partial charge in [0.25, 0.3) is 0 Å². The van der Waals surface area contributed by atoms with E-state index in [0.29, 0.717) is 25.3 Å². The zero-order valence-electron chi connectivity index (χ0n) is 12.4. The van der Waals surface area contributed by atoms with E-state index < -0.39 is 12.1 Å². The van der Waals surface area contributed by atoms with Crippen molar-refractivity contribution in [3.8, 4) is 0 Å². The predicted octanol–water partition coefficient (Wildman–Crippen LogP) is -0.247. The summed E-state index contributed by atoms with van der Waals surface area (Å²) in [5.74, 6) is -0.0423. The average Bonchev–Trinajstić information content (AvgIpc) is 2.39. The third kappa shape index (κ3) is 5.46. The van der Waals surface area contributed by atoms with Gasteiger partial charge in [0.1, 0.15) is 0 Å². The molecule has 1 rings (SSSR count). The Labute approximate surface area is 120 Å². The van der Waals surface area contributed by atoms with Crippen molar-refractivity contribution < 1.29 is 14.7 Å².